The Balaban J connectivity index is 1.54. The zero-order chi connectivity index (χ0) is 28.4. The van der Waals surface area contributed by atoms with Gasteiger partial charge in [0.1, 0.15) is 23.5 Å². The number of aromatic nitrogens is 3. The van der Waals surface area contributed by atoms with E-state index in [4.69, 9.17) is 24.7 Å². The number of nitrogen functional groups attached to an aromatic ring is 1. The lowest BCUT2D eigenvalue weighted by atomic mass is 9.86. The summed E-state index contributed by atoms with van der Waals surface area (Å²) in [6, 6.07) is 3.76. The first-order valence-corrected chi connectivity index (χ1v) is 13.4. The molecule has 2 aliphatic rings. The maximum Gasteiger partial charge on any atom is 0.407 e. The third-order valence-electron chi connectivity index (χ3n) is 6.98. The van der Waals surface area contributed by atoms with Gasteiger partial charge in [0.2, 0.25) is 0 Å². The second kappa shape index (κ2) is 11.8. The normalized spacial score (nSPS) is 26.6. The van der Waals surface area contributed by atoms with Crippen molar-refractivity contribution in [1.82, 2.24) is 24.8 Å². The molecule has 2 fully saturated rings. The van der Waals surface area contributed by atoms with Crippen LogP contribution in [0.4, 0.5) is 10.6 Å². The third kappa shape index (κ3) is 7.25. The second-order valence-corrected chi connectivity index (χ2v) is 11.6. The van der Waals surface area contributed by atoms with Crippen LogP contribution in [0.2, 0.25) is 0 Å². The van der Waals surface area contributed by atoms with Crippen molar-refractivity contribution in [3.63, 3.8) is 0 Å². The highest BCUT2D eigenvalue weighted by Crippen LogP contribution is 2.44. The molecule has 5 atom stereocenters. The number of hydrogen-bond acceptors (Lipinski definition) is 10. The van der Waals surface area contributed by atoms with Crippen LogP contribution in [0.5, 0.6) is 0 Å². The number of morpholine rings is 1. The fourth-order valence-electron chi connectivity index (χ4n) is 5.19. The van der Waals surface area contributed by atoms with Crippen molar-refractivity contribution in [2.75, 3.05) is 45.2 Å². The summed E-state index contributed by atoms with van der Waals surface area (Å²) in [7, 11) is 0. The zero-order valence-corrected chi connectivity index (χ0v) is 23.5. The van der Waals surface area contributed by atoms with E-state index >= 15 is 0 Å². The highest BCUT2D eigenvalue weighted by atomic mass is 16.6. The monoisotopic (exact) mass is 546 g/mol. The van der Waals surface area contributed by atoms with Crippen molar-refractivity contribution < 1.29 is 28.8 Å². The van der Waals surface area contributed by atoms with Crippen LogP contribution >= 0.6 is 0 Å². The number of carbonyl (C=O) groups excluding carboxylic acids is 1. The minimum atomic E-state index is -1.30. The van der Waals surface area contributed by atoms with Crippen LogP contribution in [0.1, 0.15) is 46.4 Å². The molecular weight excluding hydrogens is 504 g/mol. The second-order valence-electron chi connectivity index (χ2n) is 11.6. The van der Waals surface area contributed by atoms with Crippen LogP contribution in [0.25, 0.3) is 5.52 Å². The van der Waals surface area contributed by atoms with Gasteiger partial charge < -0.3 is 35.1 Å². The molecule has 4 heterocycles. The van der Waals surface area contributed by atoms with Crippen molar-refractivity contribution in [2.24, 2.45) is 11.8 Å². The highest BCUT2D eigenvalue weighted by Gasteiger charge is 2.46. The number of hydrogen-bond donors (Lipinski definition) is 3. The maximum absolute atomic E-state index is 12.3. The molecule has 0 spiro atoms. The van der Waals surface area contributed by atoms with Crippen LogP contribution in [-0.4, -0.2) is 93.7 Å². The molecule has 2 aromatic heterocycles. The quantitative estimate of drug-likeness (QED) is 0.316. The largest absolute Gasteiger partial charge is 0.444 e. The highest BCUT2D eigenvalue weighted by molar-refractivity contribution is 5.67. The standard InChI is InChI=1S/C27H42N6O6/c1-7-18-19(15-37-27(5,6)35)23(20-8-9-21-24(28)30-16-31-33(20)21)38-22(18)13-32-10-11-36-14-17(32)12-29-25(34)39-26(2,3)4/h7-9,16-19,22-23,35H,1,10-15H2,2-6H3,(H,29,34)(H2,28,30,31)/t17-,18+,19-,22-,23-/m1/s1. The van der Waals surface area contributed by atoms with Crippen LogP contribution in [0, 0.1) is 11.8 Å². The number of amides is 1. The molecule has 2 aromatic rings. The summed E-state index contributed by atoms with van der Waals surface area (Å²) in [6.45, 7) is 15.8. The Hall–Kier alpha value is -2.77. The van der Waals surface area contributed by atoms with Crippen LogP contribution in [0.15, 0.2) is 31.1 Å². The van der Waals surface area contributed by atoms with E-state index in [0.717, 1.165) is 5.69 Å². The van der Waals surface area contributed by atoms with Gasteiger partial charge in [0.15, 0.2) is 11.6 Å². The van der Waals surface area contributed by atoms with Gasteiger partial charge in [0.25, 0.3) is 0 Å². The smallest absolute Gasteiger partial charge is 0.407 e. The molecule has 0 bridgehead atoms. The predicted octanol–water partition coefficient (Wildman–Crippen LogP) is 2.14. The van der Waals surface area contributed by atoms with Gasteiger partial charge in [-0.15, -0.1) is 6.58 Å². The molecule has 0 unspecified atom stereocenters. The van der Waals surface area contributed by atoms with Gasteiger partial charge in [-0.2, -0.15) is 5.10 Å². The Morgan fingerprint density at radius 1 is 1.33 bits per heavy atom. The molecule has 12 heteroatoms. The van der Waals surface area contributed by atoms with E-state index in [1.54, 1.807) is 18.4 Å². The van der Waals surface area contributed by atoms with Crippen LogP contribution in [-0.2, 0) is 18.9 Å². The van der Waals surface area contributed by atoms with E-state index in [9.17, 15) is 9.90 Å². The van der Waals surface area contributed by atoms with Crippen LogP contribution in [0.3, 0.4) is 0 Å². The van der Waals surface area contributed by atoms with E-state index in [-0.39, 0.29) is 30.6 Å². The summed E-state index contributed by atoms with van der Waals surface area (Å²) in [6.07, 6.45) is 2.24. The molecule has 0 aromatic carbocycles. The first-order valence-electron chi connectivity index (χ1n) is 13.4. The molecule has 39 heavy (non-hydrogen) atoms. The van der Waals surface area contributed by atoms with E-state index in [0.29, 0.717) is 44.2 Å². The summed E-state index contributed by atoms with van der Waals surface area (Å²) in [4.78, 5) is 18.6. The van der Waals surface area contributed by atoms with Crippen molar-refractivity contribution in [3.8, 4) is 0 Å². The summed E-state index contributed by atoms with van der Waals surface area (Å²) >= 11 is 0. The lowest BCUT2D eigenvalue weighted by Crippen LogP contribution is -2.54. The molecular formula is C27H42N6O6. The Kier molecular flexibility index (Phi) is 8.82. The summed E-state index contributed by atoms with van der Waals surface area (Å²) in [5.41, 5.74) is 7.02. The number of nitrogens with one attached hydrogen (secondary N) is 1. The zero-order valence-electron chi connectivity index (χ0n) is 23.5. The van der Waals surface area contributed by atoms with E-state index in [2.05, 4.69) is 26.9 Å². The number of anilines is 1. The van der Waals surface area contributed by atoms with E-state index in [1.165, 1.54) is 6.33 Å². The fraction of sp³-hybridized carbons (Fsp3) is 0.667. The number of nitrogens with two attached hydrogens (primary N) is 1. The Bertz CT molecular complexity index is 1140. The summed E-state index contributed by atoms with van der Waals surface area (Å²) < 4.78 is 25.4. The number of carbonyl (C=O) groups is 1. The number of aliphatic hydroxyl groups is 1. The number of ether oxygens (including phenoxy) is 4. The molecule has 0 aliphatic carbocycles. The maximum atomic E-state index is 12.3. The van der Waals surface area contributed by atoms with Gasteiger partial charge >= 0.3 is 6.09 Å². The fourth-order valence-corrected chi connectivity index (χ4v) is 5.19. The topological polar surface area (TPSA) is 146 Å². The van der Waals surface area contributed by atoms with Gasteiger partial charge in [0.05, 0.1) is 37.7 Å². The number of fused-ring (bicyclic) bond motifs is 1. The molecule has 0 radical (unpaired) electrons. The van der Waals surface area contributed by atoms with Gasteiger partial charge in [-0.05, 0) is 46.8 Å². The van der Waals surface area contributed by atoms with Crippen molar-refractivity contribution in [3.05, 3.63) is 36.8 Å². The molecule has 4 rings (SSSR count). The van der Waals surface area contributed by atoms with Crippen molar-refractivity contribution in [1.29, 1.82) is 0 Å². The first-order chi connectivity index (χ1) is 18.4. The average molecular weight is 547 g/mol. The molecule has 12 nitrogen and oxygen atoms in total. The lowest BCUT2D eigenvalue weighted by molar-refractivity contribution is -0.187. The Morgan fingerprint density at radius 2 is 2.10 bits per heavy atom. The Labute approximate surface area is 229 Å². The van der Waals surface area contributed by atoms with Crippen molar-refractivity contribution >= 4 is 17.4 Å². The van der Waals surface area contributed by atoms with Gasteiger partial charge in [-0.1, -0.05) is 6.08 Å². The molecule has 4 N–H and O–H groups in total. The number of alkyl carbamates (subject to hydrolysis) is 1. The molecule has 216 valence electrons. The molecule has 2 aliphatic heterocycles. The molecule has 2 saturated heterocycles. The average Bonchev–Trinajstić information content (AvgIpc) is 3.42. The molecule has 1 amide bonds. The lowest BCUT2D eigenvalue weighted by Gasteiger charge is -2.37. The van der Waals surface area contributed by atoms with E-state index < -0.39 is 23.6 Å². The summed E-state index contributed by atoms with van der Waals surface area (Å²) in [5, 5.41) is 17.6. The van der Waals surface area contributed by atoms with Gasteiger partial charge in [-0.3, -0.25) is 4.90 Å². The Morgan fingerprint density at radius 3 is 2.79 bits per heavy atom. The van der Waals surface area contributed by atoms with Crippen molar-refractivity contribution in [2.45, 2.75) is 64.3 Å². The number of nitrogens with zero attached hydrogens (tertiary/aromatic N) is 4. The first kappa shape index (κ1) is 29.2. The van der Waals surface area contributed by atoms with E-state index in [1.807, 2.05) is 39.0 Å². The third-order valence-corrected chi connectivity index (χ3v) is 6.98. The number of rotatable bonds is 9. The van der Waals surface area contributed by atoms with Gasteiger partial charge in [0, 0.05) is 31.5 Å². The minimum Gasteiger partial charge on any atom is -0.444 e. The van der Waals surface area contributed by atoms with Crippen LogP contribution < -0.4 is 11.1 Å². The van der Waals surface area contributed by atoms with Gasteiger partial charge in [-0.25, -0.2) is 14.3 Å². The minimum absolute atomic E-state index is 0.0490. The SMILES string of the molecule is C=C[C@H]1[C@@H](COC(C)(C)O)[C@H](c2ccc3c(N)ncnn23)O[C@@H]1CN1CCOC[C@H]1CNC(=O)OC(C)(C)C. The summed E-state index contributed by atoms with van der Waals surface area (Å²) in [5.74, 6) is -1.15. The predicted molar refractivity (Wildman–Crippen MR) is 145 cm³/mol. The molecule has 0 saturated carbocycles.